The number of amides is 2. The summed E-state index contributed by atoms with van der Waals surface area (Å²) in [6.45, 7) is 10.7. The van der Waals surface area contributed by atoms with E-state index in [1.807, 2.05) is 57.5 Å². The Morgan fingerprint density at radius 1 is 1.26 bits per heavy atom. The molecule has 0 saturated carbocycles. The lowest BCUT2D eigenvalue weighted by Gasteiger charge is -2.30. The highest BCUT2D eigenvalue weighted by atomic mass is 32.1. The molecule has 1 fully saturated rings. The van der Waals surface area contributed by atoms with Crippen LogP contribution in [0.3, 0.4) is 0 Å². The smallest absolute Gasteiger partial charge is 0.243 e. The number of nitrogens with one attached hydrogen (secondary N) is 1. The van der Waals surface area contributed by atoms with Crippen molar-refractivity contribution in [3.05, 3.63) is 58.6 Å². The second-order valence-electron chi connectivity index (χ2n) is 10.4. The molecule has 4 rings (SSSR count). The number of β-amino-alcohol motifs (C(OH)–C–C–N with tert-alkyl or cyclic N) is 1. The van der Waals surface area contributed by atoms with Crippen molar-refractivity contribution in [2.75, 3.05) is 19.8 Å². The van der Waals surface area contributed by atoms with Gasteiger partial charge in [-0.1, -0.05) is 43.3 Å². The molecule has 210 valence electrons. The van der Waals surface area contributed by atoms with Crippen LogP contribution in [-0.4, -0.2) is 63.9 Å². The standard InChI is InChI=1S/C29H38N4O5S/c1-6-11-37-15-17(2)26(25-12-18(3)32-38-25)29(36)33-14-23(34)13-24(33)28(35)31-19(4)21-7-9-22(10-8-21)27-20(5)30-16-39-27/h7-10,12,16-17,19,23-24,26,34H,6,11,13-15H2,1-5H3,(H,31,35)/t17-,19+,23-,24+,26-/m1/s1. The van der Waals surface area contributed by atoms with Gasteiger partial charge in [-0.25, -0.2) is 4.98 Å². The molecule has 5 atom stereocenters. The predicted octanol–water partition coefficient (Wildman–Crippen LogP) is 4.40. The number of hydrogen-bond donors (Lipinski definition) is 2. The second kappa shape index (κ2) is 12.8. The lowest BCUT2D eigenvalue weighted by Crippen LogP contribution is -2.48. The number of hydrogen-bond acceptors (Lipinski definition) is 8. The Kier molecular flexibility index (Phi) is 9.53. The summed E-state index contributed by atoms with van der Waals surface area (Å²) in [7, 11) is 0. The quantitative estimate of drug-likeness (QED) is 0.337. The minimum Gasteiger partial charge on any atom is -0.391 e. The maximum absolute atomic E-state index is 13.9. The van der Waals surface area contributed by atoms with Gasteiger partial charge < -0.3 is 24.6 Å². The van der Waals surface area contributed by atoms with Gasteiger partial charge in [0.1, 0.15) is 17.7 Å². The van der Waals surface area contributed by atoms with E-state index >= 15 is 0 Å². The molecule has 0 spiro atoms. The molecule has 1 aromatic carbocycles. The highest BCUT2D eigenvalue weighted by Crippen LogP contribution is 2.32. The Labute approximate surface area is 233 Å². The molecular formula is C29H38N4O5S. The molecule has 10 heteroatoms. The van der Waals surface area contributed by atoms with Crippen molar-refractivity contribution >= 4 is 23.2 Å². The van der Waals surface area contributed by atoms with E-state index in [9.17, 15) is 14.7 Å². The van der Waals surface area contributed by atoms with E-state index < -0.39 is 18.1 Å². The Morgan fingerprint density at radius 3 is 2.62 bits per heavy atom. The van der Waals surface area contributed by atoms with Crippen LogP contribution in [0, 0.1) is 19.8 Å². The van der Waals surface area contributed by atoms with Crippen molar-refractivity contribution in [3.63, 3.8) is 0 Å². The van der Waals surface area contributed by atoms with Crippen LogP contribution < -0.4 is 5.32 Å². The van der Waals surface area contributed by atoms with E-state index in [-0.39, 0.29) is 36.7 Å². The molecule has 1 saturated heterocycles. The summed E-state index contributed by atoms with van der Waals surface area (Å²) in [6, 6.07) is 8.72. The van der Waals surface area contributed by atoms with Gasteiger partial charge in [-0.2, -0.15) is 0 Å². The van der Waals surface area contributed by atoms with Crippen molar-refractivity contribution in [2.45, 2.75) is 71.6 Å². The number of carbonyl (C=O) groups is 2. The van der Waals surface area contributed by atoms with Crippen LogP contribution >= 0.6 is 11.3 Å². The van der Waals surface area contributed by atoms with Gasteiger partial charge >= 0.3 is 0 Å². The summed E-state index contributed by atoms with van der Waals surface area (Å²) in [5.74, 6) is -1.01. The van der Waals surface area contributed by atoms with E-state index in [1.54, 1.807) is 24.3 Å². The van der Waals surface area contributed by atoms with Crippen molar-refractivity contribution in [3.8, 4) is 10.4 Å². The third-order valence-corrected chi connectivity index (χ3v) is 8.14. The molecule has 2 aromatic heterocycles. The molecular weight excluding hydrogens is 516 g/mol. The monoisotopic (exact) mass is 554 g/mol. The Hall–Kier alpha value is -3.08. The zero-order valence-electron chi connectivity index (χ0n) is 23.2. The number of benzene rings is 1. The molecule has 0 aliphatic carbocycles. The Balaban J connectivity index is 1.48. The maximum atomic E-state index is 13.9. The van der Waals surface area contributed by atoms with Crippen molar-refractivity contribution in [1.82, 2.24) is 20.4 Å². The highest BCUT2D eigenvalue weighted by molar-refractivity contribution is 7.13. The van der Waals surface area contributed by atoms with E-state index in [4.69, 9.17) is 9.26 Å². The first-order valence-corrected chi connectivity index (χ1v) is 14.4. The molecule has 3 aromatic rings. The normalized spacial score (nSPS) is 19.6. The zero-order chi connectivity index (χ0) is 28.1. The van der Waals surface area contributed by atoms with Crippen molar-refractivity contribution < 1.29 is 24.0 Å². The van der Waals surface area contributed by atoms with Gasteiger partial charge in [-0.05, 0) is 44.2 Å². The van der Waals surface area contributed by atoms with Crippen molar-refractivity contribution in [2.24, 2.45) is 5.92 Å². The van der Waals surface area contributed by atoms with E-state index in [1.165, 1.54) is 4.90 Å². The fourth-order valence-electron chi connectivity index (χ4n) is 5.06. The average molecular weight is 555 g/mol. The van der Waals surface area contributed by atoms with Gasteiger partial charge in [0.25, 0.3) is 0 Å². The molecule has 2 amide bonds. The fraction of sp³-hybridized carbons (Fsp3) is 0.517. The second-order valence-corrected chi connectivity index (χ2v) is 11.3. The van der Waals surface area contributed by atoms with Gasteiger partial charge in [0.2, 0.25) is 11.8 Å². The van der Waals surface area contributed by atoms with Gasteiger partial charge in [0.05, 0.1) is 40.5 Å². The van der Waals surface area contributed by atoms with Crippen LogP contribution in [0.4, 0.5) is 0 Å². The number of nitrogens with zero attached hydrogens (tertiary/aromatic N) is 3. The molecule has 0 radical (unpaired) electrons. The zero-order valence-corrected chi connectivity index (χ0v) is 24.0. The Morgan fingerprint density at radius 2 is 2.00 bits per heavy atom. The SMILES string of the molecule is CCCOC[C@@H](C)[C@@H](C(=O)N1C[C@H](O)C[C@H]1C(=O)N[C@@H](C)c1ccc(-c2scnc2C)cc1)c1cc(C)no1. The maximum Gasteiger partial charge on any atom is 0.243 e. The fourth-order valence-corrected chi connectivity index (χ4v) is 5.88. The number of carbonyl (C=O) groups excluding carboxylic acids is 2. The lowest BCUT2D eigenvalue weighted by atomic mass is 9.90. The number of aliphatic hydroxyl groups is 1. The number of aliphatic hydroxyl groups excluding tert-OH is 1. The van der Waals surface area contributed by atoms with Crippen molar-refractivity contribution in [1.29, 1.82) is 0 Å². The number of likely N-dealkylation sites (tertiary alicyclic amines) is 1. The summed E-state index contributed by atoms with van der Waals surface area (Å²) in [5.41, 5.74) is 5.52. The van der Waals surface area contributed by atoms with Crippen LogP contribution in [0.1, 0.15) is 68.3 Å². The molecule has 39 heavy (non-hydrogen) atoms. The number of rotatable bonds is 11. The first-order valence-electron chi connectivity index (χ1n) is 13.5. The molecule has 1 aliphatic rings. The topological polar surface area (TPSA) is 118 Å². The minimum atomic E-state index is -0.788. The Bertz CT molecular complexity index is 1260. The van der Waals surface area contributed by atoms with E-state index in [0.717, 1.165) is 28.1 Å². The van der Waals surface area contributed by atoms with Crippen LogP contribution in [0.5, 0.6) is 0 Å². The first-order chi connectivity index (χ1) is 18.7. The molecule has 2 N–H and O–H groups in total. The minimum absolute atomic E-state index is 0.0837. The molecule has 3 heterocycles. The van der Waals surface area contributed by atoms with Gasteiger partial charge in [-0.15, -0.1) is 11.3 Å². The van der Waals surface area contributed by atoms with E-state index in [2.05, 4.69) is 15.5 Å². The summed E-state index contributed by atoms with van der Waals surface area (Å²) in [5, 5.41) is 17.5. The molecule has 0 bridgehead atoms. The average Bonchev–Trinajstić information content (AvgIpc) is 3.64. The third-order valence-electron chi connectivity index (χ3n) is 7.16. The lowest BCUT2D eigenvalue weighted by molar-refractivity contribution is -0.141. The largest absolute Gasteiger partial charge is 0.391 e. The summed E-state index contributed by atoms with van der Waals surface area (Å²) >= 11 is 1.60. The summed E-state index contributed by atoms with van der Waals surface area (Å²) < 4.78 is 11.2. The predicted molar refractivity (Wildman–Crippen MR) is 149 cm³/mol. The molecule has 9 nitrogen and oxygen atoms in total. The van der Waals surface area contributed by atoms with Crippen LogP contribution in [0.25, 0.3) is 10.4 Å². The van der Waals surface area contributed by atoms with Gasteiger partial charge in [0, 0.05) is 25.6 Å². The summed E-state index contributed by atoms with van der Waals surface area (Å²) in [6.07, 6.45) is 0.265. The number of aryl methyl sites for hydroxylation is 2. The first kappa shape index (κ1) is 28.9. The third kappa shape index (κ3) is 6.74. The van der Waals surface area contributed by atoms with Crippen LogP contribution in [-0.2, 0) is 14.3 Å². The summed E-state index contributed by atoms with van der Waals surface area (Å²) in [4.78, 5) is 34.3. The number of ether oxygens (including phenoxy) is 1. The van der Waals surface area contributed by atoms with Crippen LogP contribution in [0.2, 0.25) is 0 Å². The molecule has 1 aliphatic heterocycles. The van der Waals surface area contributed by atoms with E-state index in [0.29, 0.717) is 24.7 Å². The highest BCUT2D eigenvalue weighted by Gasteiger charge is 2.44. The van der Waals surface area contributed by atoms with Gasteiger partial charge in [0.15, 0.2) is 0 Å². The van der Waals surface area contributed by atoms with Crippen LogP contribution in [0.15, 0.2) is 40.4 Å². The number of thiazole rings is 1. The number of aromatic nitrogens is 2. The molecule has 0 unspecified atom stereocenters. The van der Waals surface area contributed by atoms with Gasteiger partial charge in [-0.3, -0.25) is 9.59 Å².